The third kappa shape index (κ3) is 5.98. The van der Waals surface area contributed by atoms with Gasteiger partial charge in [0.05, 0.1) is 19.0 Å². The monoisotopic (exact) mass is 460 g/mol. The Morgan fingerprint density at radius 3 is 2.62 bits per heavy atom. The van der Waals surface area contributed by atoms with Gasteiger partial charge >= 0.3 is 17.7 Å². The van der Waals surface area contributed by atoms with E-state index in [1.165, 1.54) is 17.7 Å². The highest BCUT2D eigenvalue weighted by Crippen LogP contribution is 2.18. The summed E-state index contributed by atoms with van der Waals surface area (Å²) in [5.74, 6) is -2.58. The van der Waals surface area contributed by atoms with Crippen molar-refractivity contribution in [1.82, 2.24) is 9.88 Å². The van der Waals surface area contributed by atoms with Crippen LogP contribution >= 0.6 is 11.6 Å². The number of hydrogen-bond donors (Lipinski definition) is 1. The number of ether oxygens (including phenoxy) is 2. The first-order chi connectivity index (χ1) is 15.4. The van der Waals surface area contributed by atoms with Gasteiger partial charge in [0, 0.05) is 24.1 Å². The molecule has 0 aliphatic heterocycles. The Morgan fingerprint density at radius 1 is 1.16 bits per heavy atom. The van der Waals surface area contributed by atoms with Crippen molar-refractivity contribution in [2.75, 3.05) is 13.7 Å². The van der Waals surface area contributed by atoms with E-state index >= 15 is 0 Å². The third-order valence-corrected chi connectivity index (χ3v) is 4.87. The summed E-state index contributed by atoms with van der Waals surface area (Å²) in [6.45, 7) is -0.565. The van der Waals surface area contributed by atoms with Crippen molar-refractivity contribution in [3.05, 3.63) is 69.7 Å². The minimum Gasteiger partial charge on any atom is -0.467 e. The van der Waals surface area contributed by atoms with Crippen LogP contribution in [0.3, 0.4) is 0 Å². The Kier molecular flexibility index (Phi) is 7.67. The maximum Gasteiger partial charge on any atom is 0.419 e. The molecule has 3 rings (SSSR count). The number of nitrogens with one attached hydrogen (secondary N) is 1. The van der Waals surface area contributed by atoms with Crippen LogP contribution in [0.1, 0.15) is 12.0 Å². The number of nitrogens with zero attached hydrogens (tertiary/aromatic N) is 1. The first kappa shape index (κ1) is 23.1. The molecule has 10 heteroatoms. The number of benzene rings is 2. The molecule has 2 aromatic carbocycles. The van der Waals surface area contributed by atoms with Crippen molar-refractivity contribution in [2.24, 2.45) is 0 Å². The number of fused-ring (bicyclic) bond motifs is 1. The summed E-state index contributed by atoms with van der Waals surface area (Å²) >= 11 is 5.88. The lowest BCUT2D eigenvalue weighted by molar-refractivity contribution is -0.150. The molecule has 0 aliphatic rings. The van der Waals surface area contributed by atoms with Crippen LogP contribution in [0.2, 0.25) is 5.02 Å². The highest BCUT2D eigenvalue weighted by Gasteiger charge is 2.22. The molecule has 168 valence electrons. The molecule has 32 heavy (non-hydrogen) atoms. The number of aryl methyl sites for hydroxylation is 1. The average molecular weight is 461 g/mol. The molecule has 3 aromatic rings. The molecule has 1 unspecified atom stereocenters. The predicted octanol–water partition coefficient (Wildman–Crippen LogP) is 2.08. The highest BCUT2D eigenvalue weighted by atomic mass is 35.5. The van der Waals surface area contributed by atoms with Gasteiger partial charge in [-0.15, -0.1) is 0 Å². The Bertz CT molecular complexity index is 1170. The molecule has 0 bridgehead atoms. The molecule has 0 saturated heterocycles. The number of aromatic nitrogens is 1. The van der Waals surface area contributed by atoms with Crippen LogP contribution in [0, 0.1) is 0 Å². The highest BCUT2D eigenvalue weighted by molar-refractivity contribution is 6.31. The Hall–Kier alpha value is -3.59. The number of oxazole rings is 1. The molecular weight excluding hydrogens is 440 g/mol. The molecule has 1 aromatic heterocycles. The van der Waals surface area contributed by atoms with Crippen LogP contribution in [-0.2, 0) is 36.8 Å². The van der Waals surface area contributed by atoms with Crippen LogP contribution in [0.4, 0.5) is 0 Å². The lowest BCUT2D eigenvalue weighted by Gasteiger charge is -2.16. The number of methoxy groups -OCH3 is 1. The lowest BCUT2D eigenvalue weighted by atomic mass is 10.1. The minimum absolute atomic E-state index is 0.00666. The predicted molar refractivity (Wildman–Crippen MR) is 115 cm³/mol. The van der Waals surface area contributed by atoms with Crippen molar-refractivity contribution in [2.45, 2.75) is 25.4 Å². The van der Waals surface area contributed by atoms with Crippen LogP contribution in [0.15, 0.2) is 57.7 Å². The summed E-state index contributed by atoms with van der Waals surface area (Å²) in [7, 11) is 1.22. The van der Waals surface area contributed by atoms with E-state index in [9.17, 15) is 19.2 Å². The minimum atomic E-state index is -0.920. The second-order valence-electron chi connectivity index (χ2n) is 6.88. The number of halogens is 1. The number of rotatable bonds is 9. The fourth-order valence-electron chi connectivity index (χ4n) is 3.09. The van der Waals surface area contributed by atoms with E-state index in [4.69, 9.17) is 25.5 Å². The second-order valence-corrected chi connectivity index (χ2v) is 7.31. The fourth-order valence-corrected chi connectivity index (χ4v) is 3.26. The summed E-state index contributed by atoms with van der Waals surface area (Å²) in [5, 5.41) is 2.92. The van der Waals surface area contributed by atoms with E-state index < -0.39 is 36.3 Å². The number of esters is 2. The normalized spacial score (nSPS) is 11.7. The maximum absolute atomic E-state index is 12.2. The zero-order chi connectivity index (χ0) is 23.1. The van der Waals surface area contributed by atoms with Crippen molar-refractivity contribution in [3.63, 3.8) is 0 Å². The summed E-state index contributed by atoms with van der Waals surface area (Å²) in [6.07, 6.45) is 0.0720. The fraction of sp³-hybridized carbons (Fsp3) is 0.273. The van der Waals surface area contributed by atoms with Gasteiger partial charge in [0.25, 0.3) is 5.91 Å². The molecule has 0 aliphatic carbocycles. The molecule has 1 atom stereocenters. The van der Waals surface area contributed by atoms with Gasteiger partial charge in [-0.05, 0) is 17.7 Å². The molecule has 1 heterocycles. The van der Waals surface area contributed by atoms with Crippen molar-refractivity contribution in [3.8, 4) is 0 Å². The molecule has 1 N–H and O–H groups in total. The summed E-state index contributed by atoms with van der Waals surface area (Å²) in [5.41, 5.74) is 1.63. The third-order valence-electron chi connectivity index (χ3n) is 4.64. The van der Waals surface area contributed by atoms with Gasteiger partial charge in [0.15, 0.2) is 12.2 Å². The lowest BCUT2D eigenvalue weighted by Crippen LogP contribution is -2.44. The van der Waals surface area contributed by atoms with Gasteiger partial charge in [-0.3, -0.25) is 14.2 Å². The van der Waals surface area contributed by atoms with Crippen LogP contribution in [0.25, 0.3) is 11.1 Å². The number of carbonyl (C=O) groups excluding carboxylic acids is 3. The first-order valence-electron chi connectivity index (χ1n) is 9.73. The molecular formula is C22H21ClN2O7. The number of hydrogen-bond acceptors (Lipinski definition) is 7. The van der Waals surface area contributed by atoms with Crippen molar-refractivity contribution >= 4 is 40.5 Å². The zero-order valence-electron chi connectivity index (χ0n) is 17.2. The van der Waals surface area contributed by atoms with E-state index in [0.717, 1.165) is 5.56 Å². The Morgan fingerprint density at radius 2 is 1.91 bits per heavy atom. The average Bonchev–Trinajstić information content (AvgIpc) is 3.09. The van der Waals surface area contributed by atoms with E-state index in [2.05, 4.69) is 5.32 Å². The van der Waals surface area contributed by atoms with Crippen LogP contribution in [0.5, 0.6) is 0 Å². The van der Waals surface area contributed by atoms with Crippen LogP contribution in [-0.4, -0.2) is 42.2 Å². The first-order valence-corrected chi connectivity index (χ1v) is 10.1. The Labute approximate surface area is 187 Å². The smallest absolute Gasteiger partial charge is 0.419 e. The van der Waals surface area contributed by atoms with Gasteiger partial charge in [-0.25, -0.2) is 9.59 Å². The summed E-state index contributed by atoms with van der Waals surface area (Å²) in [6, 6.07) is 12.9. The topological polar surface area (TPSA) is 117 Å². The molecule has 0 saturated carbocycles. The largest absolute Gasteiger partial charge is 0.467 e. The second kappa shape index (κ2) is 10.6. The SMILES string of the molecule is COC(=O)C(Cc1ccccc1)NC(=O)COC(=O)CCn1c(=O)oc2cc(Cl)ccc21. The number of amides is 1. The van der Waals surface area contributed by atoms with Crippen molar-refractivity contribution < 1.29 is 28.3 Å². The molecule has 1 amide bonds. The van der Waals surface area contributed by atoms with Gasteiger partial charge in [-0.2, -0.15) is 0 Å². The van der Waals surface area contributed by atoms with Gasteiger partial charge in [0.1, 0.15) is 6.04 Å². The zero-order valence-corrected chi connectivity index (χ0v) is 18.0. The van der Waals surface area contributed by atoms with E-state index in [0.29, 0.717) is 16.1 Å². The van der Waals surface area contributed by atoms with Crippen molar-refractivity contribution in [1.29, 1.82) is 0 Å². The molecule has 9 nitrogen and oxygen atoms in total. The molecule has 0 spiro atoms. The summed E-state index contributed by atoms with van der Waals surface area (Å²) < 4.78 is 16.1. The van der Waals surface area contributed by atoms with E-state index in [-0.39, 0.29) is 19.4 Å². The van der Waals surface area contributed by atoms with Gasteiger partial charge in [-0.1, -0.05) is 41.9 Å². The van der Waals surface area contributed by atoms with E-state index in [1.807, 2.05) is 30.3 Å². The van der Waals surface area contributed by atoms with Gasteiger partial charge < -0.3 is 19.2 Å². The molecule has 0 radical (unpaired) electrons. The van der Waals surface area contributed by atoms with E-state index in [1.54, 1.807) is 12.1 Å². The van der Waals surface area contributed by atoms with Gasteiger partial charge in [0.2, 0.25) is 0 Å². The number of carbonyl (C=O) groups is 3. The summed E-state index contributed by atoms with van der Waals surface area (Å²) in [4.78, 5) is 48.2. The quantitative estimate of drug-likeness (QED) is 0.486. The maximum atomic E-state index is 12.2. The standard InChI is InChI=1S/C22H21ClN2O7/c1-30-21(28)16(11-14-5-3-2-4-6-14)24-19(26)13-31-20(27)9-10-25-17-8-7-15(23)12-18(17)32-22(25)29/h2-8,12,16H,9-11,13H2,1H3,(H,24,26). The van der Waals surface area contributed by atoms with Crippen LogP contribution < -0.4 is 11.1 Å². The molecule has 0 fully saturated rings. The Balaban J connectivity index is 1.51.